The first-order valence-corrected chi connectivity index (χ1v) is 11.1. The van der Waals surface area contributed by atoms with Crippen LogP contribution in [0.25, 0.3) is 0 Å². The molecule has 0 radical (unpaired) electrons. The van der Waals surface area contributed by atoms with Crippen LogP contribution in [-0.2, 0) is 11.8 Å². The molecule has 3 rings (SSSR count). The van der Waals surface area contributed by atoms with Crippen molar-refractivity contribution in [1.82, 2.24) is 20.1 Å². The van der Waals surface area contributed by atoms with Gasteiger partial charge in [-0.05, 0) is 50.6 Å². The van der Waals surface area contributed by atoms with Gasteiger partial charge in [-0.25, -0.2) is 0 Å². The van der Waals surface area contributed by atoms with E-state index in [0.29, 0.717) is 27.3 Å². The SMILES string of the molecule is Cc1cccc(C(=O)N[C@H](C)c2nnc(SCC(=O)Nc3cc(Cl)ccc3C)n2C)c1. The van der Waals surface area contributed by atoms with Crippen LogP contribution in [0.3, 0.4) is 0 Å². The summed E-state index contributed by atoms with van der Waals surface area (Å²) in [5.74, 6) is 0.432. The Kier molecular flexibility index (Phi) is 7.35. The molecule has 3 aromatic rings. The summed E-state index contributed by atoms with van der Waals surface area (Å²) < 4.78 is 1.78. The maximum atomic E-state index is 12.5. The molecule has 0 aliphatic heterocycles. The quantitative estimate of drug-likeness (QED) is 0.516. The van der Waals surface area contributed by atoms with E-state index in [9.17, 15) is 9.59 Å². The molecule has 0 aliphatic rings. The summed E-state index contributed by atoms with van der Waals surface area (Å²) in [5.41, 5.74) is 3.23. The first-order chi connectivity index (χ1) is 14.7. The third-order valence-electron chi connectivity index (χ3n) is 4.69. The van der Waals surface area contributed by atoms with Gasteiger partial charge in [-0.3, -0.25) is 9.59 Å². The Bertz CT molecular complexity index is 1120. The van der Waals surface area contributed by atoms with Gasteiger partial charge in [-0.1, -0.05) is 47.1 Å². The van der Waals surface area contributed by atoms with E-state index in [4.69, 9.17) is 11.6 Å². The molecule has 0 bridgehead atoms. The molecular formula is C22H24ClN5O2S. The maximum Gasteiger partial charge on any atom is 0.251 e. The fourth-order valence-electron chi connectivity index (χ4n) is 3.01. The first-order valence-electron chi connectivity index (χ1n) is 9.70. The third-order valence-corrected chi connectivity index (χ3v) is 5.95. The molecule has 2 aromatic carbocycles. The lowest BCUT2D eigenvalue weighted by Crippen LogP contribution is -2.28. The first kappa shape index (κ1) is 22.8. The normalized spacial score (nSPS) is 11.8. The lowest BCUT2D eigenvalue weighted by Gasteiger charge is -2.14. The molecule has 2 N–H and O–H groups in total. The highest BCUT2D eigenvalue weighted by Crippen LogP contribution is 2.22. The molecule has 0 fully saturated rings. The number of amides is 2. The monoisotopic (exact) mass is 457 g/mol. The average Bonchev–Trinajstić information content (AvgIpc) is 3.09. The third kappa shape index (κ3) is 5.86. The molecule has 0 spiro atoms. The van der Waals surface area contributed by atoms with Gasteiger partial charge in [0.05, 0.1) is 11.8 Å². The van der Waals surface area contributed by atoms with Gasteiger partial charge in [0, 0.05) is 23.3 Å². The maximum absolute atomic E-state index is 12.5. The predicted octanol–water partition coefficient (Wildman–Crippen LogP) is 4.31. The molecule has 162 valence electrons. The zero-order valence-corrected chi connectivity index (χ0v) is 19.3. The zero-order valence-electron chi connectivity index (χ0n) is 17.8. The van der Waals surface area contributed by atoms with E-state index >= 15 is 0 Å². The second-order valence-corrected chi connectivity index (χ2v) is 8.64. The molecule has 1 aromatic heterocycles. The number of hydrogen-bond donors (Lipinski definition) is 2. The summed E-state index contributed by atoms with van der Waals surface area (Å²) >= 11 is 7.27. The van der Waals surface area contributed by atoms with Crippen molar-refractivity contribution in [3.8, 4) is 0 Å². The van der Waals surface area contributed by atoms with Crippen LogP contribution >= 0.6 is 23.4 Å². The van der Waals surface area contributed by atoms with E-state index in [1.54, 1.807) is 22.8 Å². The van der Waals surface area contributed by atoms with Gasteiger partial charge in [-0.15, -0.1) is 10.2 Å². The molecule has 7 nitrogen and oxygen atoms in total. The van der Waals surface area contributed by atoms with Crippen molar-refractivity contribution in [2.75, 3.05) is 11.1 Å². The summed E-state index contributed by atoms with van der Waals surface area (Å²) in [7, 11) is 1.81. The summed E-state index contributed by atoms with van der Waals surface area (Å²) in [4.78, 5) is 24.8. The highest BCUT2D eigenvalue weighted by atomic mass is 35.5. The van der Waals surface area contributed by atoms with Gasteiger partial charge >= 0.3 is 0 Å². The van der Waals surface area contributed by atoms with Crippen LogP contribution < -0.4 is 10.6 Å². The van der Waals surface area contributed by atoms with Gasteiger partial charge < -0.3 is 15.2 Å². The van der Waals surface area contributed by atoms with Gasteiger partial charge in [-0.2, -0.15) is 0 Å². The van der Waals surface area contributed by atoms with E-state index in [-0.39, 0.29) is 23.6 Å². The predicted molar refractivity (Wildman–Crippen MR) is 124 cm³/mol. The number of hydrogen-bond acceptors (Lipinski definition) is 5. The Morgan fingerprint density at radius 2 is 1.94 bits per heavy atom. The Morgan fingerprint density at radius 1 is 1.16 bits per heavy atom. The smallest absolute Gasteiger partial charge is 0.251 e. The second-order valence-electron chi connectivity index (χ2n) is 7.26. The number of nitrogens with one attached hydrogen (secondary N) is 2. The van der Waals surface area contributed by atoms with Crippen LogP contribution in [0.1, 0.15) is 40.3 Å². The Hall–Kier alpha value is -2.84. The van der Waals surface area contributed by atoms with Crippen LogP contribution in [0.2, 0.25) is 5.02 Å². The molecule has 1 atom stereocenters. The minimum absolute atomic E-state index is 0.166. The van der Waals surface area contributed by atoms with Crippen molar-refractivity contribution in [3.05, 3.63) is 70.0 Å². The van der Waals surface area contributed by atoms with Crippen LogP contribution in [-0.4, -0.2) is 32.3 Å². The Morgan fingerprint density at radius 3 is 2.68 bits per heavy atom. The molecule has 31 heavy (non-hydrogen) atoms. The van der Waals surface area contributed by atoms with Crippen molar-refractivity contribution in [3.63, 3.8) is 0 Å². The number of halogens is 1. The Labute approximate surface area is 190 Å². The number of aryl methyl sites for hydroxylation is 2. The fourth-order valence-corrected chi connectivity index (χ4v) is 3.90. The number of benzene rings is 2. The number of carbonyl (C=O) groups is 2. The number of anilines is 1. The summed E-state index contributed by atoms with van der Waals surface area (Å²) in [6.45, 7) is 5.69. The van der Waals surface area contributed by atoms with Crippen molar-refractivity contribution in [2.24, 2.45) is 7.05 Å². The van der Waals surface area contributed by atoms with Crippen LogP contribution in [0, 0.1) is 13.8 Å². The van der Waals surface area contributed by atoms with Crippen molar-refractivity contribution < 1.29 is 9.59 Å². The van der Waals surface area contributed by atoms with E-state index in [1.807, 2.05) is 52.1 Å². The van der Waals surface area contributed by atoms with Gasteiger partial charge in [0.1, 0.15) is 0 Å². The van der Waals surface area contributed by atoms with Gasteiger partial charge in [0.15, 0.2) is 11.0 Å². The number of aromatic nitrogens is 3. The standard InChI is InChI=1S/C22H24ClN5O2S/c1-13-6-5-7-16(10-13)21(30)24-15(3)20-26-27-22(28(20)4)31-12-19(29)25-18-11-17(23)9-8-14(18)2/h5-11,15H,12H2,1-4H3,(H,24,30)(H,25,29)/t15-/m1/s1. The van der Waals surface area contributed by atoms with Gasteiger partial charge in [0.2, 0.25) is 5.91 Å². The molecule has 2 amide bonds. The van der Waals surface area contributed by atoms with E-state index < -0.39 is 0 Å². The van der Waals surface area contributed by atoms with Crippen LogP contribution in [0.4, 0.5) is 5.69 Å². The second kappa shape index (κ2) is 9.98. The zero-order chi connectivity index (χ0) is 22.5. The molecular weight excluding hydrogens is 434 g/mol. The summed E-state index contributed by atoms with van der Waals surface area (Å²) in [5, 5.41) is 15.3. The highest BCUT2D eigenvalue weighted by Gasteiger charge is 2.19. The summed E-state index contributed by atoms with van der Waals surface area (Å²) in [6, 6.07) is 12.4. The van der Waals surface area contributed by atoms with E-state index in [2.05, 4.69) is 20.8 Å². The largest absolute Gasteiger partial charge is 0.342 e. The number of carbonyl (C=O) groups excluding carboxylic acids is 2. The number of rotatable bonds is 7. The van der Waals surface area contributed by atoms with Gasteiger partial charge in [0.25, 0.3) is 5.91 Å². The van der Waals surface area contributed by atoms with Crippen molar-refractivity contribution in [2.45, 2.75) is 32.0 Å². The Balaban J connectivity index is 1.59. The number of thioether (sulfide) groups is 1. The highest BCUT2D eigenvalue weighted by molar-refractivity contribution is 7.99. The molecule has 0 aliphatic carbocycles. The van der Waals surface area contributed by atoms with E-state index in [0.717, 1.165) is 11.1 Å². The van der Waals surface area contributed by atoms with E-state index in [1.165, 1.54) is 11.8 Å². The minimum Gasteiger partial charge on any atom is -0.342 e. The van der Waals surface area contributed by atoms with Crippen LogP contribution in [0.5, 0.6) is 0 Å². The van der Waals surface area contributed by atoms with Crippen molar-refractivity contribution >= 4 is 40.9 Å². The molecule has 0 saturated heterocycles. The summed E-state index contributed by atoms with van der Waals surface area (Å²) in [6.07, 6.45) is 0. The number of nitrogens with zero attached hydrogens (tertiary/aromatic N) is 3. The fraction of sp³-hybridized carbons (Fsp3) is 0.273. The molecule has 1 heterocycles. The average molecular weight is 458 g/mol. The van der Waals surface area contributed by atoms with Crippen molar-refractivity contribution in [1.29, 1.82) is 0 Å². The molecule has 0 saturated carbocycles. The minimum atomic E-state index is -0.345. The molecule has 0 unspecified atom stereocenters. The topological polar surface area (TPSA) is 88.9 Å². The lowest BCUT2D eigenvalue weighted by atomic mass is 10.1. The molecule has 9 heteroatoms. The lowest BCUT2D eigenvalue weighted by molar-refractivity contribution is -0.113. The van der Waals surface area contributed by atoms with Crippen LogP contribution in [0.15, 0.2) is 47.6 Å².